The van der Waals surface area contributed by atoms with Crippen molar-refractivity contribution in [1.82, 2.24) is 0 Å². The molecule has 3 nitrogen and oxygen atoms in total. The van der Waals surface area contributed by atoms with Gasteiger partial charge < -0.3 is 14.2 Å². The fraction of sp³-hybridized carbons (Fsp3) is 1.00. The molecule has 0 amide bonds. The van der Waals surface area contributed by atoms with Crippen LogP contribution in [0.3, 0.4) is 0 Å². The first-order valence-electron chi connectivity index (χ1n) is 6.81. The lowest BCUT2D eigenvalue weighted by molar-refractivity contribution is 0.296. The highest BCUT2D eigenvalue weighted by atomic mass is 16.6. The van der Waals surface area contributed by atoms with Crippen molar-refractivity contribution < 1.29 is 14.2 Å². The van der Waals surface area contributed by atoms with Gasteiger partial charge in [-0.2, -0.15) is 0 Å². The number of hydrogen-bond donors (Lipinski definition) is 0. The van der Waals surface area contributed by atoms with Crippen LogP contribution in [0, 0.1) is 0 Å². The maximum atomic E-state index is 5.29. The molecule has 3 heterocycles. The van der Waals surface area contributed by atoms with Crippen molar-refractivity contribution in [3.05, 3.63) is 0 Å². The van der Waals surface area contributed by atoms with Crippen LogP contribution in [-0.4, -0.2) is 35.1 Å². The summed E-state index contributed by atoms with van der Waals surface area (Å²) in [6.07, 6.45) is 0.498. The second kappa shape index (κ2) is 4.46. The van der Waals surface area contributed by atoms with Gasteiger partial charge in [-0.05, 0) is 62.3 Å². The number of epoxide rings is 3. The fourth-order valence-corrected chi connectivity index (χ4v) is 1.18. The Labute approximate surface area is 112 Å². The van der Waals surface area contributed by atoms with Crippen molar-refractivity contribution in [2.45, 2.75) is 90.8 Å². The third-order valence-electron chi connectivity index (χ3n) is 4.04. The van der Waals surface area contributed by atoms with Crippen molar-refractivity contribution in [3.63, 3.8) is 0 Å². The second-order valence-corrected chi connectivity index (χ2v) is 7.53. The second-order valence-electron chi connectivity index (χ2n) is 7.53. The van der Waals surface area contributed by atoms with Crippen LogP contribution in [0.1, 0.15) is 62.3 Å². The number of rotatable bonds is 0. The van der Waals surface area contributed by atoms with E-state index in [2.05, 4.69) is 62.3 Å². The van der Waals surface area contributed by atoms with Crippen molar-refractivity contribution in [2.24, 2.45) is 0 Å². The maximum absolute atomic E-state index is 5.29. The Balaban J connectivity index is 0.000000137. The molecule has 0 N–H and O–H groups in total. The van der Waals surface area contributed by atoms with E-state index in [1.807, 2.05) is 0 Å². The van der Waals surface area contributed by atoms with Gasteiger partial charge in [0, 0.05) is 0 Å². The summed E-state index contributed by atoms with van der Waals surface area (Å²) >= 11 is 0. The minimum absolute atomic E-state index is 0.146. The van der Waals surface area contributed by atoms with Crippen molar-refractivity contribution in [2.75, 3.05) is 6.61 Å². The maximum Gasteiger partial charge on any atom is 0.0918 e. The highest BCUT2D eigenvalue weighted by Gasteiger charge is 2.55. The van der Waals surface area contributed by atoms with E-state index < -0.39 is 0 Å². The molecule has 1 atom stereocenters. The highest BCUT2D eigenvalue weighted by molar-refractivity contribution is 5.03. The smallest absolute Gasteiger partial charge is 0.0918 e. The summed E-state index contributed by atoms with van der Waals surface area (Å²) in [5.41, 5.74) is 0.750. The van der Waals surface area contributed by atoms with Crippen LogP contribution in [0.15, 0.2) is 0 Å². The van der Waals surface area contributed by atoms with Crippen molar-refractivity contribution in [3.8, 4) is 0 Å². The van der Waals surface area contributed by atoms with E-state index in [1.54, 1.807) is 0 Å². The van der Waals surface area contributed by atoms with Crippen LogP contribution in [0.4, 0.5) is 0 Å². The summed E-state index contributed by atoms with van der Waals surface area (Å²) in [7, 11) is 0. The Hall–Kier alpha value is -0.120. The molecule has 0 radical (unpaired) electrons. The summed E-state index contributed by atoms with van der Waals surface area (Å²) in [4.78, 5) is 0. The van der Waals surface area contributed by atoms with Crippen LogP contribution in [0.25, 0.3) is 0 Å². The molecule has 0 aromatic carbocycles. The van der Waals surface area contributed by atoms with Gasteiger partial charge in [0.2, 0.25) is 0 Å². The Morgan fingerprint density at radius 3 is 1.00 bits per heavy atom. The zero-order valence-electron chi connectivity index (χ0n) is 13.5. The first-order chi connectivity index (χ1) is 7.79. The minimum Gasteiger partial charge on any atom is -0.370 e. The number of ether oxygens (including phenoxy) is 3. The monoisotopic (exact) mass is 258 g/mol. The molecule has 1 unspecified atom stereocenters. The first kappa shape index (κ1) is 15.9. The molecule has 0 aromatic heterocycles. The van der Waals surface area contributed by atoms with Crippen LogP contribution in [0.2, 0.25) is 0 Å². The van der Waals surface area contributed by atoms with Crippen LogP contribution >= 0.6 is 0 Å². The van der Waals surface area contributed by atoms with Crippen LogP contribution in [0.5, 0.6) is 0 Å². The molecule has 3 heteroatoms. The third kappa shape index (κ3) is 4.87. The molecule has 3 saturated heterocycles. The topological polar surface area (TPSA) is 37.6 Å². The minimum atomic E-state index is 0.146. The summed E-state index contributed by atoms with van der Waals surface area (Å²) in [5.74, 6) is 0. The molecular weight excluding hydrogens is 228 g/mol. The molecule has 0 spiro atoms. The Kier molecular flexibility index (Phi) is 3.95. The van der Waals surface area contributed by atoms with E-state index in [9.17, 15) is 0 Å². The molecule has 0 saturated carbocycles. The Morgan fingerprint density at radius 1 is 0.833 bits per heavy atom. The summed E-state index contributed by atoms with van der Waals surface area (Å²) in [6.45, 7) is 19.8. The van der Waals surface area contributed by atoms with E-state index in [4.69, 9.17) is 14.2 Å². The molecule has 18 heavy (non-hydrogen) atoms. The van der Waals surface area contributed by atoms with Gasteiger partial charge in [0.25, 0.3) is 0 Å². The van der Waals surface area contributed by atoms with Gasteiger partial charge in [-0.1, -0.05) is 0 Å². The van der Waals surface area contributed by atoms with Gasteiger partial charge in [0.15, 0.2) is 0 Å². The quantitative estimate of drug-likeness (QED) is 0.624. The van der Waals surface area contributed by atoms with Crippen LogP contribution in [-0.2, 0) is 14.2 Å². The lowest BCUT2D eigenvalue weighted by atomic mass is 10.0. The molecule has 3 fully saturated rings. The molecule has 0 aromatic rings. The van der Waals surface area contributed by atoms with Crippen molar-refractivity contribution in [1.29, 1.82) is 0 Å². The molecule has 0 bridgehead atoms. The largest absolute Gasteiger partial charge is 0.370 e. The first-order valence-corrected chi connectivity index (χ1v) is 6.81. The van der Waals surface area contributed by atoms with E-state index in [-0.39, 0.29) is 22.4 Å². The summed E-state index contributed by atoms with van der Waals surface area (Å²) in [6, 6.07) is 0. The average molecular weight is 258 g/mol. The van der Waals surface area contributed by atoms with Gasteiger partial charge in [-0.3, -0.25) is 0 Å². The molecule has 3 aliphatic heterocycles. The lowest BCUT2D eigenvalue weighted by Crippen LogP contribution is -2.10. The van der Waals surface area contributed by atoms with E-state index in [0.29, 0.717) is 6.10 Å². The van der Waals surface area contributed by atoms with Gasteiger partial charge in [-0.15, -0.1) is 0 Å². The predicted molar refractivity (Wildman–Crippen MR) is 73.9 cm³/mol. The average Bonchev–Trinajstić information content (AvgIpc) is 2.99. The summed E-state index contributed by atoms with van der Waals surface area (Å²) < 4.78 is 15.3. The zero-order valence-corrected chi connectivity index (χ0v) is 13.5. The fourth-order valence-electron chi connectivity index (χ4n) is 1.18. The predicted octanol–water partition coefficient (Wildman–Crippen LogP) is 3.55. The van der Waals surface area contributed by atoms with E-state index >= 15 is 0 Å². The van der Waals surface area contributed by atoms with E-state index in [1.165, 1.54) is 0 Å². The van der Waals surface area contributed by atoms with Crippen LogP contribution < -0.4 is 0 Å². The summed E-state index contributed by atoms with van der Waals surface area (Å²) in [5, 5.41) is 0. The van der Waals surface area contributed by atoms with Gasteiger partial charge in [0.1, 0.15) is 0 Å². The molecule has 108 valence electrons. The Bertz CT molecular complexity index is 285. The normalized spacial score (nSPS) is 34.2. The molecule has 0 aliphatic carbocycles. The van der Waals surface area contributed by atoms with Gasteiger partial charge in [-0.25, -0.2) is 0 Å². The third-order valence-corrected chi connectivity index (χ3v) is 4.04. The van der Waals surface area contributed by atoms with Gasteiger partial charge in [0.05, 0.1) is 35.1 Å². The number of hydrogen-bond acceptors (Lipinski definition) is 3. The highest BCUT2D eigenvalue weighted by Crippen LogP contribution is 2.46. The zero-order chi connectivity index (χ0) is 14.4. The van der Waals surface area contributed by atoms with E-state index in [0.717, 1.165) is 6.61 Å². The Morgan fingerprint density at radius 2 is 1.00 bits per heavy atom. The SMILES string of the molecule is CC1(C)CO1.CC1(C)OC1(C)C.CC1OC1(C)C. The standard InChI is InChI=1S/C6H12O.C5H10O.C4H8O/c1-5(2)6(3,4)7-5;1-4-5(2,3)6-4;1-4(2)3-5-4/h1-4H3;4H,1-3H3;3H2,1-2H3. The van der Waals surface area contributed by atoms with Gasteiger partial charge >= 0.3 is 0 Å². The lowest BCUT2D eigenvalue weighted by Gasteiger charge is -1.95. The molecule has 3 aliphatic rings. The van der Waals surface area contributed by atoms with Crippen molar-refractivity contribution >= 4 is 0 Å². The molecular formula is C15H30O3. The molecule has 3 rings (SSSR count).